The maximum atomic E-state index is 12.7. The van der Waals surface area contributed by atoms with Crippen LogP contribution in [0.4, 0.5) is 0 Å². The summed E-state index contributed by atoms with van der Waals surface area (Å²) in [7, 11) is 1.18. The van der Waals surface area contributed by atoms with E-state index < -0.39 is 10.0 Å². The fraction of sp³-hybridized carbons (Fsp3) is 0.600. The molecule has 1 aliphatic heterocycles. The molecular weight excluding hydrogens is 306 g/mol. The lowest BCUT2D eigenvalue weighted by Gasteiger charge is -2.30. The van der Waals surface area contributed by atoms with Gasteiger partial charge >= 0.3 is 0 Å². The van der Waals surface area contributed by atoms with Gasteiger partial charge in [-0.1, -0.05) is 0 Å². The lowest BCUT2D eigenvalue weighted by Crippen LogP contribution is -2.39. The predicted molar refractivity (Wildman–Crippen MR) is 82.9 cm³/mol. The van der Waals surface area contributed by atoms with Crippen molar-refractivity contribution in [1.82, 2.24) is 4.31 Å². The molecule has 1 aliphatic rings. The second-order valence-electron chi connectivity index (χ2n) is 5.32. The van der Waals surface area contributed by atoms with Crippen molar-refractivity contribution in [1.29, 1.82) is 0 Å². The fourth-order valence-corrected chi connectivity index (χ4v) is 4.16. The monoisotopic (exact) mass is 329 g/mol. The van der Waals surface area contributed by atoms with E-state index in [1.54, 1.807) is 19.2 Å². The third-order valence-corrected chi connectivity index (χ3v) is 5.86. The summed E-state index contributed by atoms with van der Waals surface area (Å²) in [6, 6.07) is 4.68. The van der Waals surface area contributed by atoms with Crippen LogP contribution in [0, 0.1) is 5.92 Å². The zero-order valence-corrected chi connectivity index (χ0v) is 14.1. The molecule has 0 saturated carbocycles. The van der Waals surface area contributed by atoms with Crippen LogP contribution in [0.1, 0.15) is 12.8 Å². The Morgan fingerprint density at radius 2 is 1.73 bits per heavy atom. The molecule has 7 heteroatoms. The summed E-state index contributed by atoms with van der Waals surface area (Å²) in [6.45, 7) is 1.72. The molecule has 1 heterocycles. The SMILES string of the molecule is COCC1CCN(S(=O)(=O)c2ccc(OC)c(OC)c2)CC1. The van der Waals surface area contributed by atoms with E-state index >= 15 is 0 Å². The van der Waals surface area contributed by atoms with Gasteiger partial charge in [-0.3, -0.25) is 0 Å². The minimum atomic E-state index is -3.50. The van der Waals surface area contributed by atoms with Gasteiger partial charge in [0.2, 0.25) is 10.0 Å². The minimum Gasteiger partial charge on any atom is -0.493 e. The number of hydrogen-bond acceptors (Lipinski definition) is 5. The Hall–Kier alpha value is -1.31. The van der Waals surface area contributed by atoms with Crippen molar-refractivity contribution in [3.8, 4) is 11.5 Å². The molecule has 0 unspecified atom stereocenters. The lowest BCUT2D eigenvalue weighted by atomic mass is 9.99. The van der Waals surface area contributed by atoms with E-state index in [0.29, 0.717) is 37.1 Å². The Morgan fingerprint density at radius 3 is 2.27 bits per heavy atom. The van der Waals surface area contributed by atoms with Gasteiger partial charge in [0.05, 0.1) is 19.1 Å². The molecule has 1 saturated heterocycles. The van der Waals surface area contributed by atoms with Crippen LogP contribution in [-0.4, -0.2) is 53.7 Å². The van der Waals surface area contributed by atoms with Crippen molar-refractivity contribution in [2.24, 2.45) is 5.92 Å². The second kappa shape index (κ2) is 7.30. The average molecular weight is 329 g/mol. The summed E-state index contributed by atoms with van der Waals surface area (Å²) >= 11 is 0. The number of piperidine rings is 1. The molecule has 1 aromatic rings. The van der Waals surface area contributed by atoms with Gasteiger partial charge in [-0.25, -0.2) is 8.42 Å². The summed E-state index contributed by atoms with van der Waals surface area (Å²) in [5, 5.41) is 0. The van der Waals surface area contributed by atoms with Gasteiger partial charge in [0, 0.05) is 32.9 Å². The van der Waals surface area contributed by atoms with Crippen LogP contribution in [0.3, 0.4) is 0 Å². The van der Waals surface area contributed by atoms with Gasteiger partial charge in [0.15, 0.2) is 11.5 Å². The molecule has 1 aromatic carbocycles. The molecule has 0 bridgehead atoms. The molecule has 0 N–H and O–H groups in total. The molecule has 0 atom stereocenters. The van der Waals surface area contributed by atoms with E-state index in [9.17, 15) is 8.42 Å². The quantitative estimate of drug-likeness (QED) is 0.795. The van der Waals surface area contributed by atoms with E-state index in [2.05, 4.69) is 0 Å². The van der Waals surface area contributed by atoms with Crippen molar-refractivity contribution >= 4 is 10.0 Å². The van der Waals surface area contributed by atoms with Crippen molar-refractivity contribution < 1.29 is 22.6 Å². The Balaban J connectivity index is 2.17. The van der Waals surface area contributed by atoms with Gasteiger partial charge in [-0.2, -0.15) is 4.31 Å². The van der Waals surface area contributed by atoms with E-state index in [-0.39, 0.29) is 4.90 Å². The average Bonchev–Trinajstić information content (AvgIpc) is 2.55. The minimum absolute atomic E-state index is 0.232. The molecule has 22 heavy (non-hydrogen) atoms. The third-order valence-electron chi connectivity index (χ3n) is 3.97. The van der Waals surface area contributed by atoms with E-state index in [0.717, 1.165) is 12.8 Å². The molecule has 0 aromatic heterocycles. The van der Waals surface area contributed by atoms with Crippen LogP contribution in [0.25, 0.3) is 0 Å². The van der Waals surface area contributed by atoms with Gasteiger partial charge in [0.25, 0.3) is 0 Å². The Bertz CT molecular complexity index is 594. The summed E-state index contributed by atoms with van der Waals surface area (Å²) in [5.74, 6) is 1.36. The molecule has 0 spiro atoms. The number of ether oxygens (including phenoxy) is 3. The van der Waals surface area contributed by atoms with E-state index in [1.165, 1.54) is 24.6 Å². The molecule has 1 fully saturated rings. The van der Waals surface area contributed by atoms with Crippen LogP contribution in [0.2, 0.25) is 0 Å². The van der Waals surface area contributed by atoms with Gasteiger partial charge < -0.3 is 14.2 Å². The molecule has 0 aliphatic carbocycles. The standard InChI is InChI=1S/C15H23NO5S/c1-19-11-12-6-8-16(9-7-12)22(17,18)13-4-5-14(20-2)15(10-13)21-3/h4-5,10,12H,6-9,11H2,1-3H3. The third kappa shape index (κ3) is 3.53. The van der Waals surface area contributed by atoms with Crippen LogP contribution in [0.5, 0.6) is 11.5 Å². The molecule has 0 radical (unpaired) electrons. The number of methoxy groups -OCH3 is 3. The smallest absolute Gasteiger partial charge is 0.243 e. The second-order valence-corrected chi connectivity index (χ2v) is 7.26. The largest absolute Gasteiger partial charge is 0.493 e. The highest BCUT2D eigenvalue weighted by Crippen LogP contribution is 2.31. The number of sulfonamides is 1. The summed E-state index contributed by atoms with van der Waals surface area (Å²) in [5.41, 5.74) is 0. The Labute approximate surface area is 132 Å². The topological polar surface area (TPSA) is 65.1 Å². The van der Waals surface area contributed by atoms with Gasteiger partial charge in [-0.15, -0.1) is 0 Å². The number of hydrogen-bond donors (Lipinski definition) is 0. The molecule has 6 nitrogen and oxygen atoms in total. The highest BCUT2D eigenvalue weighted by molar-refractivity contribution is 7.89. The van der Waals surface area contributed by atoms with Crippen LogP contribution in [-0.2, 0) is 14.8 Å². The molecule has 0 amide bonds. The van der Waals surface area contributed by atoms with Crippen molar-refractivity contribution in [2.75, 3.05) is 41.0 Å². The fourth-order valence-electron chi connectivity index (χ4n) is 2.68. The van der Waals surface area contributed by atoms with Gasteiger partial charge in [-0.05, 0) is 30.9 Å². The molecule has 2 rings (SSSR count). The van der Waals surface area contributed by atoms with Crippen LogP contribution < -0.4 is 9.47 Å². The van der Waals surface area contributed by atoms with Crippen molar-refractivity contribution in [3.63, 3.8) is 0 Å². The van der Waals surface area contributed by atoms with Gasteiger partial charge in [0.1, 0.15) is 0 Å². The summed E-state index contributed by atoms with van der Waals surface area (Å²) < 4.78 is 42.4. The van der Waals surface area contributed by atoms with Crippen molar-refractivity contribution in [2.45, 2.75) is 17.7 Å². The molecule has 124 valence electrons. The van der Waals surface area contributed by atoms with E-state index in [4.69, 9.17) is 14.2 Å². The van der Waals surface area contributed by atoms with E-state index in [1.807, 2.05) is 0 Å². The normalized spacial score (nSPS) is 17.4. The highest BCUT2D eigenvalue weighted by Gasteiger charge is 2.30. The maximum absolute atomic E-state index is 12.7. The Morgan fingerprint density at radius 1 is 1.09 bits per heavy atom. The maximum Gasteiger partial charge on any atom is 0.243 e. The first-order valence-electron chi connectivity index (χ1n) is 7.24. The first kappa shape index (κ1) is 17.1. The number of benzene rings is 1. The number of rotatable bonds is 6. The zero-order valence-electron chi connectivity index (χ0n) is 13.2. The zero-order chi connectivity index (χ0) is 16.2. The summed E-state index contributed by atoms with van der Waals surface area (Å²) in [6.07, 6.45) is 1.64. The number of nitrogens with zero attached hydrogens (tertiary/aromatic N) is 1. The highest BCUT2D eigenvalue weighted by atomic mass is 32.2. The Kier molecular flexibility index (Phi) is 5.66. The first-order valence-corrected chi connectivity index (χ1v) is 8.68. The molecular formula is C15H23NO5S. The van der Waals surface area contributed by atoms with Crippen LogP contribution in [0.15, 0.2) is 23.1 Å². The predicted octanol–water partition coefficient (Wildman–Crippen LogP) is 1.75. The van der Waals surface area contributed by atoms with Crippen molar-refractivity contribution in [3.05, 3.63) is 18.2 Å². The first-order chi connectivity index (χ1) is 10.5. The summed E-state index contributed by atoms with van der Waals surface area (Å²) in [4.78, 5) is 0.232. The van der Waals surface area contributed by atoms with Crippen LogP contribution >= 0.6 is 0 Å². The lowest BCUT2D eigenvalue weighted by molar-refractivity contribution is 0.121.